The van der Waals surface area contributed by atoms with E-state index in [1.807, 2.05) is 48.5 Å². The lowest BCUT2D eigenvalue weighted by Gasteiger charge is -2.38. The summed E-state index contributed by atoms with van der Waals surface area (Å²) < 4.78 is 1.95. The molecule has 2 aromatic carbocycles. The van der Waals surface area contributed by atoms with E-state index in [1.54, 1.807) is 0 Å². The predicted octanol–water partition coefficient (Wildman–Crippen LogP) is 5.43. The van der Waals surface area contributed by atoms with Gasteiger partial charge in [0.25, 0.3) is 0 Å². The van der Waals surface area contributed by atoms with Crippen LogP contribution in [0.25, 0.3) is 0 Å². The number of hydrogen-bond donors (Lipinski definition) is 1. The van der Waals surface area contributed by atoms with Crippen LogP contribution in [-0.4, -0.2) is 29.6 Å². The van der Waals surface area contributed by atoms with Crippen molar-refractivity contribution in [2.75, 3.05) is 19.6 Å². The van der Waals surface area contributed by atoms with E-state index in [0.717, 1.165) is 39.7 Å². The van der Waals surface area contributed by atoms with Crippen LogP contribution in [0.5, 0.6) is 0 Å². The quantitative estimate of drug-likeness (QED) is 0.603. The molecular weight excluding hydrogens is 430 g/mol. The van der Waals surface area contributed by atoms with Crippen LogP contribution in [0.15, 0.2) is 57.5 Å². The number of nitrogens with zero attached hydrogens (tertiary/aromatic N) is 1. The van der Waals surface area contributed by atoms with Gasteiger partial charge in [-0.3, -0.25) is 0 Å². The average Bonchev–Trinajstić information content (AvgIpc) is 2.58. The molecule has 0 bridgehead atoms. The molecule has 1 unspecified atom stereocenters. The van der Waals surface area contributed by atoms with Crippen LogP contribution in [-0.2, 0) is 5.60 Å². The maximum absolute atomic E-state index is 11.8. The molecule has 1 N–H and O–H groups in total. The minimum atomic E-state index is -1.05. The Balaban J connectivity index is 2.52. The fraction of sp³-hybridized carbons (Fsp3) is 0.400. The highest BCUT2D eigenvalue weighted by Crippen LogP contribution is 2.39. The highest BCUT2D eigenvalue weighted by molar-refractivity contribution is 9.10. The molecular formula is C20H25Br2NO. The van der Waals surface area contributed by atoms with Gasteiger partial charge in [0.05, 0.1) is 0 Å². The van der Waals surface area contributed by atoms with Gasteiger partial charge in [-0.25, -0.2) is 0 Å². The molecule has 0 fully saturated rings. The van der Waals surface area contributed by atoms with E-state index >= 15 is 0 Å². The fourth-order valence-corrected chi connectivity index (χ4v) is 3.99. The van der Waals surface area contributed by atoms with Crippen molar-refractivity contribution < 1.29 is 5.11 Å². The number of halogens is 2. The van der Waals surface area contributed by atoms with Crippen molar-refractivity contribution >= 4 is 31.9 Å². The third-order valence-corrected chi connectivity index (χ3v) is 5.66. The van der Waals surface area contributed by atoms with Gasteiger partial charge < -0.3 is 10.0 Å². The minimum absolute atomic E-state index is 0.0426. The largest absolute Gasteiger partial charge is 0.380 e. The van der Waals surface area contributed by atoms with Crippen molar-refractivity contribution in [2.24, 2.45) is 5.92 Å². The van der Waals surface area contributed by atoms with Crippen molar-refractivity contribution in [2.45, 2.75) is 26.4 Å². The van der Waals surface area contributed by atoms with Gasteiger partial charge in [0.2, 0.25) is 0 Å². The van der Waals surface area contributed by atoms with Crippen LogP contribution in [0.1, 0.15) is 31.9 Å². The van der Waals surface area contributed by atoms with Crippen LogP contribution < -0.4 is 0 Å². The first kappa shape index (κ1) is 19.6. The second-order valence-electron chi connectivity index (χ2n) is 6.17. The van der Waals surface area contributed by atoms with E-state index in [1.165, 1.54) is 0 Å². The van der Waals surface area contributed by atoms with Crippen molar-refractivity contribution in [1.29, 1.82) is 0 Å². The summed E-state index contributed by atoms with van der Waals surface area (Å²) in [5, 5.41) is 11.8. The van der Waals surface area contributed by atoms with E-state index in [9.17, 15) is 5.11 Å². The second kappa shape index (κ2) is 8.61. The van der Waals surface area contributed by atoms with Crippen molar-refractivity contribution in [3.05, 3.63) is 68.6 Å². The summed E-state index contributed by atoms with van der Waals surface area (Å²) in [4.78, 5) is 2.35. The second-order valence-corrected chi connectivity index (χ2v) is 8.01. The molecule has 0 spiro atoms. The standard InChI is InChI=1S/C20H25Br2NO/c1-4-23(5-2)14-15(3)20(24,16-8-6-10-18(21)12-16)17-9-7-11-19(22)13-17/h6-13,15,24H,4-5,14H2,1-3H3. The van der Waals surface area contributed by atoms with Gasteiger partial charge in [-0.1, -0.05) is 76.9 Å². The van der Waals surface area contributed by atoms with Gasteiger partial charge in [0, 0.05) is 21.4 Å². The van der Waals surface area contributed by atoms with E-state index < -0.39 is 5.60 Å². The molecule has 2 nitrogen and oxygen atoms in total. The topological polar surface area (TPSA) is 23.5 Å². The molecule has 2 rings (SSSR count). The zero-order valence-corrected chi connectivity index (χ0v) is 17.6. The third kappa shape index (κ3) is 4.29. The first-order chi connectivity index (χ1) is 11.4. The van der Waals surface area contributed by atoms with E-state index in [4.69, 9.17) is 0 Å². The highest BCUT2D eigenvalue weighted by atomic mass is 79.9. The normalized spacial score (nSPS) is 13.3. The van der Waals surface area contributed by atoms with E-state index in [2.05, 4.69) is 57.5 Å². The average molecular weight is 455 g/mol. The Labute approximate surface area is 162 Å². The summed E-state index contributed by atoms with van der Waals surface area (Å²) in [5.41, 5.74) is 0.778. The summed E-state index contributed by atoms with van der Waals surface area (Å²) >= 11 is 7.08. The molecule has 0 heterocycles. The molecule has 0 radical (unpaired) electrons. The smallest absolute Gasteiger partial charge is 0.118 e. The zero-order valence-electron chi connectivity index (χ0n) is 14.5. The molecule has 24 heavy (non-hydrogen) atoms. The van der Waals surface area contributed by atoms with Crippen LogP contribution in [0.4, 0.5) is 0 Å². The Morgan fingerprint density at radius 3 is 1.79 bits per heavy atom. The SMILES string of the molecule is CCN(CC)CC(C)C(O)(c1cccc(Br)c1)c1cccc(Br)c1. The molecule has 0 aliphatic heterocycles. The molecule has 1 atom stereocenters. The van der Waals surface area contributed by atoms with Gasteiger partial charge in [0.15, 0.2) is 0 Å². The number of benzene rings is 2. The van der Waals surface area contributed by atoms with E-state index in [-0.39, 0.29) is 5.92 Å². The minimum Gasteiger partial charge on any atom is -0.380 e. The first-order valence-corrected chi connectivity index (χ1v) is 9.97. The van der Waals surface area contributed by atoms with Gasteiger partial charge >= 0.3 is 0 Å². The first-order valence-electron chi connectivity index (χ1n) is 8.38. The van der Waals surface area contributed by atoms with Gasteiger partial charge in [-0.15, -0.1) is 0 Å². The molecule has 0 aliphatic carbocycles. The lowest BCUT2D eigenvalue weighted by Crippen LogP contribution is -2.42. The van der Waals surface area contributed by atoms with Gasteiger partial charge in [-0.05, 0) is 48.5 Å². The van der Waals surface area contributed by atoms with E-state index in [0.29, 0.717) is 0 Å². The molecule has 4 heteroatoms. The zero-order chi connectivity index (χ0) is 17.7. The van der Waals surface area contributed by atoms with Gasteiger partial charge in [-0.2, -0.15) is 0 Å². The number of aliphatic hydroxyl groups is 1. The Hall–Kier alpha value is -0.680. The number of rotatable bonds is 7. The lowest BCUT2D eigenvalue weighted by molar-refractivity contribution is 0.00861. The van der Waals surface area contributed by atoms with Gasteiger partial charge in [0.1, 0.15) is 5.60 Å². The Morgan fingerprint density at radius 2 is 1.42 bits per heavy atom. The summed E-state index contributed by atoms with van der Waals surface area (Å²) in [7, 11) is 0. The van der Waals surface area contributed by atoms with Crippen LogP contribution in [0.3, 0.4) is 0 Å². The van der Waals surface area contributed by atoms with Crippen LogP contribution >= 0.6 is 31.9 Å². The summed E-state index contributed by atoms with van der Waals surface area (Å²) in [5.74, 6) is 0.0426. The Kier molecular flexibility index (Phi) is 7.05. The molecule has 130 valence electrons. The molecule has 2 aromatic rings. The monoisotopic (exact) mass is 453 g/mol. The van der Waals surface area contributed by atoms with Crippen LogP contribution in [0, 0.1) is 5.92 Å². The predicted molar refractivity (Wildman–Crippen MR) is 108 cm³/mol. The van der Waals surface area contributed by atoms with Crippen molar-refractivity contribution in [1.82, 2.24) is 4.90 Å². The maximum atomic E-state index is 11.8. The maximum Gasteiger partial charge on any atom is 0.118 e. The fourth-order valence-electron chi connectivity index (χ4n) is 3.19. The Morgan fingerprint density at radius 1 is 0.958 bits per heavy atom. The summed E-state index contributed by atoms with van der Waals surface area (Å²) in [6.45, 7) is 9.24. The third-order valence-electron chi connectivity index (χ3n) is 4.67. The molecule has 0 saturated carbocycles. The molecule has 0 aromatic heterocycles. The van der Waals surface area contributed by atoms with Crippen molar-refractivity contribution in [3.8, 4) is 0 Å². The summed E-state index contributed by atoms with van der Waals surface area (Å²) in [6, 6.07) is 16.0. The molecule has 0 saturated heterocycles. The lowest BCUT2D eigenvalue weighted by atomic mass is 9.76. The van der Waals surface area contributed by atoms with Crippen molar-refractivity contribution in [3.63, 3.8) is 0 Å². The highest BCUT2D eigenvalue weighted by Gasteiger charge is 2.38. The number of hydrogen-bond acceptors (Lipinski definition) is 2. The molecule has 0 amide bonds. The summed E-state index contributed by atoms with van der Waals surface area (Å²) in [6.07, 6.45) is 0. The molecule has 0 aliphatic rings. The Bertz CT molecular complexity index is 625. The van der Waals surface area contributed by atoms with Crippen LogP contribution in [0.2, 0.25) is 0 Å².